The largest absolute Gasteiger partial charge is 0.354 e. The van der Waals surface area contributed by atoms with Crippen molar-refractivity contribution in [2.75, 3.05) is 13.1 Å². The number of hydrogen-bond donors (Lipinski definition) is 3. The molecule has 1 saturated heterocycles. The lowest BCUT2D eigenvalue weighted by Gasteiger charge is -2.24. The Bertz CT molecular complexity index is 1150. The second kappa shape index (κ2) is 6.90. The van der Waals surface area contributed by atoms with Gasteiger partial charge in [0.25, 0.3) is 0 Å². The van der Waals surface area contributed by atoms with Gasteiger partial charge in [0.2, 0.25) is 0 Å². The molecule has 1 aliphatic heterocycles. The van der Waals surface area contributed by atoms with E-state index < -0.39 is 0 Å². The fraction of sp³-hybridized carbons (Fsp3) is 0.364. The molecule has 144 valence electrons. The summed E-state index contributed by atoms with van der Waals surface area (Å²) < 4.78 is 0. The molecule has 4 heterocycles. The first kappa shape index (κ1) is 17.7. The van der Waals surface area contributed by atoms with Crippen molar-refractivity contribution >= 4 is 33.5 Å². The Kier molecular flexibility index (Phi) is 4.37. The van der Waals surface area contributed by atoms with Crippen molar-refractivity contribution in [1.82, 2.24) is 25.5 Å². The molecule has 3 N–H and O–H groups in total. The van der Waals surface area contributed by atoms with E-state index in [1.54, 1.807) is 0 Å². The summed E-state index contributed by atoms with van der Waals surface area (Å²) in [6, 6.07) is 6.50. The molecule has 0 aliphatic carbocycles. The third-order valence-electron chi connectivity index (χ3n) is 5.94. The molecule has 0 bridgehead atoms. The van der Waals surface area contributed by atoms with Crippen LogP contribution in [0.4, 0.5) is 0 Å². The van der Waals surface area contributed by atoms with Gasteiger partial charge in [-0.25, -0.2) is 4.98 Å². The summed E-state index contributed by atoms with van der Waals surface area (Å²) in [5, 5.41) is 13.8. The Morgan fingerprint density at radius 3 is 2.75 bits per heavy atom. The highest BCUT2D eigenvalue weighted by atomic mass is 35.5. The number of halogens is 1. The Hall–Kier alpha value is -2.37. The topological polar surface area (TPSA) is 69.4 Å². The van der Waals surface area contributed by atoms with Crippen LogP contribution < -0.4 is 5.32 Å². The summed E-state index contributed by atoms with van der Waals surface area (Å²) in [7, 11) is 0. The van der Waals surface area contributed by atoms with E-state index in [1.807, 2.05) is 12.4 Å². The molecule has 5 nitrogen and oxygen atoms in total. The average Bonchev–Trinajstić information content (AvgIpc) is 3.31. The third kappa shape index (κ3) is 2.81. The molecule has 0 spiro atoms. The monoisotopic (exact) mass is 393 g/mol. The Balaban J connectivity index is 1.74. The van der Waals surface area contributed by atoms with Crippen LogP contribution in [0.25, 0.3) is 33.2 Å². The van der Waals surface area contributed by atoms with Crippen molar-refractivity contribution in [3.8, 4) is 11.3 Å². The molecular formula is C22H24ClN5. The standard InChI is InChI=1S/C22H24ClN5/c1-12(2)20-16-9-15(13-3-6-24-7-4-13)18(23)10-19(16)27-21(20)14-5-8-25-22-17(14)11-26-28-22/h5,8-13,24,27H,3-4,6-7H2,1-2H3,(H,25,26,28). The van der Waals surface area contributed by atoms with E-state index in [4.69, 9.17) is 11.6 Å². The van der Waals surface area contributed by atoms with Crippen molar-refractivity contribution in [3.05, 3.63) is 46.7 Å². The van der Waals surface area contributed by atoms with Crippen LogP contribution in [0.1, 0.15) is 49.7 Å². The number of fused-ring (bicyclic) bond motifs is 2. The van der Waals surface area contributed by atoms with Gasteiger partial charge >= 0.3 is 0 Å². The maximum absolute atomic E-state index is 6.74. The Morgan fingerprint density at radius 1 is 1.14 bits per heavy atom. The van der Waals surface area contributed by atoms with Crippen LogP contribution in [0, 0.1) is 0 Å². The number of nitrogens with zero attached hydrogens (tertiary/aromatic N) is 2. The number of H-pyrrole nitrogens is 2. The summed E-state index contributed by atoms with van der Waals surface area (Å²) in [5.74, 6) is 0.902. The first-order chi connectivity index (χ1) is 13.6. The highest BCUT2D eigenvalue weighted by Crippen LogP contribution is 2.41. The molecule has 0 radical (unpaired) electrons. The minimum atomic E-state index is 0.376. The van der Waals surface area contributed by atoms with Crippen LogP contribution in [0.5, 0.6) is 0 Å². The van der Waals surface area contributed by atoms with Crippen molar-refractivity contribution in [3.63, 3.8) is 0 Å². The van der Waals surface area contributed by atoms with E-state index in [0.29, 0.717) is 11.8 Å². The highest BCUT2D eigenvalue weighted by Gasteiger charge is 2.23. The van der Waals surface area contributed by atoms with Crippen LogP contribution in [0.15, 0.2) is 30.6 Å². The number of hydrogen-bond acceptors (Lipinski definition) is 3. The second-order valence-electron chi connectivity index (χ2n) is 8.00. The molecule has 5 rings (SSSR count). The van der Waals surface area contributed by atoms with Gasteiger partial charge in [-0.3, -0.25) is 5.10 Å². The number of benzene rings is 1. The van der Waals surface area contributed by atoms with Gasteiger partial charge in [0.05, 0.1) is 11.9 Å². The molecule has 0 unspecified atom stereocenters. The number of pyridine rings is 1. The van der Waals surface area contributed by atoms with Gasteiger partial charge in [0.1, 0.15) is 0 Å². The van der Waals surface area contributed by atoms with Gasteiger partial charge in [0, 0.05) is 33.1 Å². The van der Waals surface area contributed by atoms with Crippen LogP contribution >= 0.6 is 11.6 Å². The van der Waals surface area contributed by atoms with E-state index in [2.05, 4.69) is 57.5 Å². The van der Waals surface area contributed by atoms with Crippen LogP contribution in [0.2, 0.25) is 5.02 Å². The van der Waals surface area contributed by atoms with Gasteiger partial charge in [-0.15, -0.1) is 0 Å². The lowest BCUT2D eigenvalue weighted by molar-refractivity contribution is 0.461. The zero-order valence-electron chi connectivity index (χ0n) is 16.1. The molecule has 0 atom stereocenters. The molecule has 1 aromatic carbocycles. The average molecular weight is 394 g/mol. The van der Waals surface area contributed by atoms with Gasteiger partial charge in [-0.2, -0.15) is 5.10 Å². The second-order valence-corrected chi connectivity index (χ2v) is 8.41. The molecule has 1 aliphatic rings. The van der Waals surface area contributed by atoms with Gasteiger partial charge in [0.15, 0.2) is 5.65 Å². The molecule has 4 aromatic rings. The van der Waals surface area contributed by atoms with Crippen molar-refractivity contribution < 1.29 is 0 Å². The smallest absolute Gasteiger partial charge is 0.155 e. The third-order valence-corrected chi connectivity index (χ3v) is 6.26. The molecule has 0 saturated carbocycles. The van der Waals surface area contributed by atoms with Gasteiger partial charge < -0.3 is 10.3 Å². The molecule has 28 heavy (non-hydrogen) atoms. The van der Waals surface area contributed by atoms with Crippen molar-refractivity contribution in [2.45, 2.75) is 38.5 Å². The number of aromatic nitrogens is 4. The Labute approximate surface area is 168 Å². The van der Waals surface area contributed by atoms with Crippen LogP contribution in [-0.4, -0.2) is 33.3 Å². The molecule has 1 fully saturated rings. The van der Waals surface area contributed by atoms with E-state index in [-0.39, 0.29) is 0 Å². The summed E-state index contributed by atoms with van der Waals surface area (Å²) in [6.07, 6.45) is 5.96. The van der Waals surface area contributed by atoms with E-state index in [0.717, 1.165) is 58.8 Å². The normalized spacial score (nSPS) is 15.9. The zero-order valence-corrected chi connectivity index (χ0v) is 16.9. The molecular weight excluding hydrogens is 370 g/mol. The quantitative estimate of drug-likeness (QED) is 0.439. The van der Waals surface area contributed by atoms with Gasteiger partial charge in [-0.1, -0.05) is 25.4 Å². The number of aromatic amines is 2. The first-order valence-electron chi connectivity index (χ1n) is 9.97. The predicted octanol–water partition coefficient (Wildman–Crippen LogP) is 5.35. The molecule has 3 aromatic heterocycles. The zero-order chi connectivity index (χ0) is 19.3. The van der Waals surface area contributed by atoms with Crippen LogP contribution in [-0.2, 0) is 0 Å². The van der Waals surface area contributed by atoms with Crippen LogP contribution in [0.3, 0.4) is 0 Å². The predicted molar refractivity (Wildman–Crippen MR) is 115 cm³/mol. The first-order valence-corrected chi connectivity index (χ1v) is 10.4. The van der Waals surface area contributed by atoms with E-state index >= 15 is 0 Å². The summed E-state index contributed by atoms with van der Waals surface area (Å²) >= 11 is 6.74. The maximum Gasteiger partial charge on any atom is 0.155 e. The summed E-state index contributed by atoms with van der Waals surface area (Å²) in [5.41, 5.74) is 6.77. The number of rotatable bonds is 3. The lowest BCUT2D eigenvalue weighted by atomic mass is 9.88. The van der Waals surface area contributed by atoms with E-state index in [9.17, 15) is 0 Å². The number of nitrogens with one attached hydrogen (secondary N) is 3. The van der Waals surface area contributed by atoms with Crippen molar-refractivity contribution in [1.29, 1.82) is 0 Å². The maximum atomic E-state index is 6.74. The minimum absolute atomic E-state index is 0.376. The molecule has 0 amide bonds. The van der Waals surface area contributed by atoms with Crippen molar-refractivity contribution in [2.24, 2.45) is 0 Å². The highest BCUT2D eigenvalue weighted by molar-refractivity contribution is 6.32. The molecule has 6 heteroatoms. The summed E-state index contributed by atoms with van der Waals surface area (Å²) in [4.78, 5) is 8.03. The fourth-order valence-corrected chi connectivity index (χ4v) is 4.90. The minimum Gasteiger partial charge on any atom is -0.354 e. The summed E-state index contributed by atoms with van der Waals surface area (Å²) in [6.45, 7) is 6.62. The van der Waals surface area contributed by atoms with Gasteiger partial charge in [-0.05, 0) is 67.1 Å². The SMILES string of the molecule is CC(C)c1c(-c2ccnc3[nH]ncc23)[nH]c2cc(Cl)c(C3CCNCC3)cc12. The lowest BCUT2D eigenvalue weighted by Crippen LogP contribution is -2.26. The Morgan fingerprint density at radius 2 is 1.96 bits per heavy atom. The number of piperidine rings is 1. The van der Waals surface area contributed by atoms with E-state index in [1.165, 1.54) is 16.5 Å². The fourth-order valence-electron chi connectivity index (χ4n) is 4.58.